The summed E-state index contributed by atoms with van der Waals surface area (Å²) in [5.74, 6) is 0. The van der Waals surface area contributed by atoms with Crippen molar-refractivity contribution in [3.05, 3.63) is 35.4 Å². The van der Waals surface area contributed by atoms with E-state index in [-0.39, 0.29) is 0 Å². The van der Waals surface area contributed by atoms with Gasteiger partial charge in [0.05, 0.1) is 0 Å². The third kappa shape index (κ3) is 44.9. The molecule has 1 rings (SSSR count). The Morgan fingerprint density at radius 1 is 0.684 bits per heavy atom. The van der Waals surface area contributed by atoms with Gasteiger partial charge < -0.3 is 0 Å². The first-order chi connectivity index (χ1) is 8.67. The van der Waals surface area contributed by atoms with Gasteiger partial charge in [-0.25, -0.2) is 60.3 Å². The normalized spacial score (nSPS) is 7.47. The average Bonchev–Trinajstić information content (AvgIpc) is 2.22. The second-order valence-corrected chi connectivity index (χ2v) is 18.2. The topological polar surface area (TPSA) is 0 Å². The SMILES string of the molecule is Cc1ccc(C)cc1.[Cl][Al]([Cl])[Cl].[Cl][Al]([Cl])[Cl].[Cl][Ti][Cl]. The quantitative estimate of drug-likeness (QED) is 0.341. The van der Waals surface area contributed by atoms with Crippen molar-refractivity contribution >= 4 is 102 Å². The van der Waals surface area contributed by atoms with Gasteiger partial charge in [-0.15, -0.1) is 0 Å². The van der Waals surface area contributed by atoms with E-state index in [4.69, 9.17) is 78.9 Å². The Hall–Kier alpha value is 3.32. The molecule has 0 fully saturated rings. The van der Waals surface area contributed by atoms with Crippen LogP contribution < -0.4 is 0 Å². The molecule has 0 unspecified atom stereocenters. The van der Waals surface area contributed by atoms with Crippen LogP contribution in [0.3, 0.4) is 0 Å². The van der Waals surface area contributed by atoms with Gasteiger partial charge in [-0.2, -0.15) is 0 Å². The van der Waals surface area contributed by atoms with Crippen molar-refractivity contribution in [2.75, 3.05) is 0 Å². The zero-order valence-corrected chi connectivity index (χ0v) is 19.9. The molecule has 0 N–H and O–H groups in total. The van der Waals surface area contributed by atoms with E-state index in [9.17, 15) is 0 Å². The first-order valence-corrected chi connectivity index (χ1v) is 19.3. The summed E-state index contributed by atoms with van der Waals surface area (Å²) in [5.41, 5.74) is 2.66. The fourth-order valence-corrected chi connectivity index (χ4v) is 0.637. The standard InChI is InChI=1S/C8H10.2Al.8ClH.Ti/c1-7-3-5-8(2)6-4-7;;;;;;;;;;;/h3-6H,1-2H3;;;8*1H;/q;2*+3;;;;;;;;;+2/p-8. The Morgan fingerprint density at radius 3 is 0.895 bits per heavy atom. The van der Waals surface area contributed by atoms with Gasteiger partial charge in [0.25, 0.3) is 0 Å². The van der Waals surface area contributed by atoms with Crippen molar-refractivity contribution in [1.82, 2.24) is 0 Å². The van der Waals surface area contributed by atoms with E-state index < -0.39 is 39.8 Å². The van der Waals surface area contributed by atoms with Gasteiger partial charge in [-0.05, 0) is 13.8 Å². The molecule has 11 heteroatoms. The molecule has 0 aliphatic rings. The van der Waals surface area contributed by atoms with E-state index in [0.29, 0.717) is 0 Å². The molecule has 108 valence electrons. The molecule has 0 saturated carbocycles. The Morgan fingerprint density at radius 2 is 0.789 bits per heavy atom. The minimum atomic E-state index is -1.72. The number of rotatable bonds is 0. The predicted octanol–water partition coefficient (Wildman–Crippen LogP) is 7.06. The van der Waals surface area contributed by atoms with Crippen LogP contribution >= 0.6 is 78.9 Å². The van der Waals surface area contributed by atoms with Gasteiger partial charge in [-0.3, -0.25) is 0 Å². The summed E-state index contributed by atoms with van der Waals surface area (Å²) in [6.45, 7) is 4.19. The molecule has 0 aromatic heterocycles. The van der Waals surface area contributed by atoms with Crippen LogP contribution in [-0.2, 0) is 17.0 Å². The molecule has 1 aromatic carbocycles. The van der Waals surface area contributed by atoms with Crippen LogP contribution in [0.5, 0.6) is 0 Å². The molecular formula is C8H10Al2Cl8Ti. The predicted molar refractivity (Wildman–Crippen MR) is 94.2 cm³/mol. The van der Waals surface area contributed by atoms with Gasteiger partial charge in [0.1, 0.15) is 0 Å². The molecule has 0 bridgehead atoms. The molecular weight excluding hydrogens is 482 g/mol. The van der Waals surface area contributed by atoms with Gasteiger partial charge in [0.15, 0.2) is 0 Å². The number of benzene rings is 1. The first-order valence-electron chi connectivity index (χ1n) is 4.51. The summed E-state index contributed by atoms with van der Waals surface area (Å²) < 4.78 is 0. The Kier molecular flexibility index (Phi) is 30.5. The molecule has 0 amide bonds. The van der Waals surface area contributed by atoms with E-state index in [1.165, 1.54) is 11.1 Å². The molecule has 0 saturated heterocycles. The summed E-state index contributed by atoms with van der Waals surface area (Å²) in [5, 5.41) is 0. The Balaban J connectivity index is -0.000000200. The van der Waals surface area contributed by atoms with Crippen molar-refractivity contribution < 1.29 is 17.0 Å². The van der Waals surface area contributed by atoms with E-state index >= 15 is 0 Å². The zero-order valence-electron chi connectivity index (χ0n) is 9.99. The summed E-state index contributed by atoms with van der Waals surface area (Å²) in [6, 6.07) is 8.48. The van der Waals surface area contributed by atoms with Crippen LogP contribution in [0, 0.1) is 13.8 Å². The molecule has 19 heavy (non-hydrogen) atoms. The van der Waals surface area contributed by atoms with Crippen molar-refractivity contribution in [2.24, 2.45) is 0 Å². The average molecular weight is 492 g/mol. The number of aryl methyl sites for hydroxylation is 2. The Labute approximate surface area is 165 Å². The van der Waals surface area contributed by atoms with Crippen LogP contribution in [-0.4, -0.2) is 22.8 Å². The number of hydrogen-bond acceptors (Lipinski definition) is 0. The summed E-state index contributed by atoms with van der Waals surface area (Å²) in [4.78, 5) is 0. The molecule has 1 aromatic rings. The molecule has 0 nitrogen and oxygen atoms in total. The third-order valence-electron chi connectivity index (χ3n) is 1.22. The summed E-state index contributed by atoms with van der Waals surface area (Å²) in [7, 11) is 39.4. The third-order valence-corrected chi connectivity index (χ3v) is 1.22. The molecule has 0 heterocycles. The van der Waals surface area contributed by atoms with E-state index in [1.807, 2.05) is 0 Å². The van der Waals surface area contributed by atoms with Crippen LogP contribution in [0.25, 0.3) is 0 Å². The van der Waals surface area contributed by atoms with Gasteiger partial charge in [0, 0.05) is 0 Å². The molecule has 0 radical (unpaired) electrons. The Bertz CT molecular complexity index is 239. The van der Waals surface area contributed by atoms with Crippen LogP contribution in [0.15, 0.2) is 24.3 Å². The van der Waals surface area contributed by atoms with Crippen molar-refractivity contribution in [3.8, 4) is 0 Å². The van der Waals surface area contributed by atoms with Crippen LogP contribution in [0.4, 0.5) is 0 Å². The van der Waals surface area contributed by atoms with E-state index in [0.717, 1.165) is 0 Å². The summed E-state index contributed by atoms with van der Waals surface area (Å²) in [6.07, 6.45) is 0. The van der Waals surface area contributed by atoms with Crippen molar-refractivity contribution in [1.29, 1.82) is 0 Å². The van der Waals surface area contributed by atoms with Gasteiger partial charge in [-0.1, -0.05) is 35.4 Å². The fraction of sp³-hybridized carbons (Fsp3) is 0.250. The zero-order chi connectivity index (χ0) is 15.8. The van der Waals surface area contributed by atoms with E-state index in [1.54, 1.807) is 0 Å². The molecule has 0 aliphatic carbocycles. The monoisotopic (exact) mass is 488 g/mol. The molecule has 0 atom stereocenters. The van der Waals surface area contributed by atoms with Gasteiger partial charge in [0.2, 0.25) is 0 Å². The first kappa shape index (κ1) is 27.2. The maximum absolute atomic E-state index is 4.94. The van der Waals surface area contributed by atoms with Crippen LogP contribution in [0.2, 0.25) is 0 Å². The second kappa shape index (κ2) is 21.3. The van der Waals surface area contributed by atoms with Crippen molar-refractivity contribution in [2.45, 2.75) is 13.8 Å². The molecule has 0 aliphatic heterocycles. The number of halogens is 8. The summed E-state index contributed by atoms with van der Waals surface area (Å²) >= 11 is -4.00. The van der Waals surface area contributed by atoms with Crippen molar-refractivity contribution in [3.63, 3.8) is 0 Å². The number of hydrogen-bond donors (Lipinski definition) is 0. The van der Waals surface area contributed by atoms with Gasteiger partial charge >= 0.3 is 58.4 Å². The van der Waals surface area contributed by atoms with Crippen LogP contribution in [0.1, 0.15) is 11.1 Å². The fourth-order valence-electron chi connectivity index (χ4n) is 0.637. The maximum atomic E-state index is 4.94. The molecule has 0 spiro atoms. The minimum absolute atomic E-state index is 0.556. The van der Waals surface area contributed by atoms with E-state index in [2.05, 4.69) is 38.1 Å². The second-order valence-electron chi connectivity index (χ2n) is 2.72.